The number of carboxylic acid groups (broad SMARTS) is 1. The van der Waals surface area contributed by atoms with Crippen LogP contribution in [0.4, 0.5) is 4.79 Å². The number of terminal acetylenes is 1. The Labute approximate surface area is 108 Å². The molecule has 1 saturated heterocycles. The van der Waals surface area contributed by atoms with Crippen molar-refractivity contribution in [1.29, 1.82) is 0 Å². The van der Waals surface area contributed by atoms with E-state index in [0.29, 0.717) is 13.1 Å². The van der Waals surface area contributed by atoms with E-state index in [1.807, 2.05) is 0 Å². The number of hydrogen-bond acceptors (Lipinski definition) is 2. The van der Waals surface area contributed by atoms with Gasteiger partial charge in [-0.15, -0.1) is 12.3 Å². The molecule has 18 heavy (non-hydrogen) atoms. The molecule has 1 rings (SSSR count). The second kappa shape index (κ2) is 7.59. The first-order valence-corrected chi connectivity index (χ1v) is 6.35. The van der Waals surface area contributed by atoms with Crippen LogP contribution in [0, 0.1) is 12.3 Å². The van der Waals surface area contributed by atoms with Gasteiger partial charge in [0.15, 0.2) is 0 Å². The van der Waals surface area contributed by atoms with Crippen molar-refractivity contribution >= 4 is 12.0 Å². The van der Waals surface area contributed by atoms with E-state index in [2.05, 4.69) is 11.2 Å². The van der Waals surface area contributed by atoms with E-state index in [9.17, 15) is 9.59 Å². The summed E-state index contributed by atoms with van der Waals surface area (Å²) >= 11 is 0. The Hall–Kier alpha value is -1.70. The SMILES string of the molecule is C#CCCCCNC(=O)N1CCCC1CC(=O)O. The molecular weight excluding hydrogens is 232 g/mol. The Morgan fingerprint density at radius 1 is 1.44 bits per heavy atom. The fraction of sp³-hybridized carbons (Fsp3) is 0.692. The van der Waals surface area contributed by atoms with Gasteiger partial charge in [-0.25, -0.2) is 4.79 Å². The Balaban J connectivity index is 2.27. The van der Waals surface area contributed by atoms with Crippen molar-refractivity contribution in [3.05, 3.63) is 0 Å². The molecule has 100 valence electrons. The van der Waals surface area contributed by atoms with Crippen LogP contribution in [-0.2, 0) is 4.79 Å². The number of urea groups is 1. The highest BCUT2D eigenvalue weighted by Gasteiger charge is 2.29. The summed E-state index contributed by atoms with van der Waals surface area (Å²) in [5.41, 5.74) is 0. The second-order valence-corrected chi connectivity index (χ2v) is 4.48. The number of carboxylic acids is 1. The van der Waals surface area contributed by atoms with E-state index in [1.165, 1.54) is 0 Å². The highest BCUT2D eigenvalue weighted by atomic mass is 16.4. The van der Waals surface area contributed by atoms with Gasteiger partial charge in [-0.1, -0.05) is 0 Å². The molecule has 1 aliphatic rings. The molecule has 0 bridgehead atoms. The highest BCUT2D eigenvalue weighted by Crippen LogP contribution is 2.19. The number of carbonyl (C=O) groups is 2. The predicted octanol–water partition coefficient (Wildman–Crippen LogP) is 1.44. The van der Waals surface area contributed by atoms with Crippen LogP contribution in [0.5, 0.6) is 0 Å². The summed E-state index contributed by atoms with van der Waals surface area (Å²) in [7, 11) is 0. The topological polar surface area (TPSA) is 69.6 Å². The third kappa shape index (κ3) is 4.66. The van der Waals surface area contributed by atoms with Crippen molar-refractivity contribution in [2.24, 2.45) is 0 Å². The summed E-state index contributed by atoms with van der Waals surface area (Å²) in [6.07, 6.45) is 9.29. The van der Waals surface area contributed by atoms with E-state index in [0.717, 1.165) is 32.1 Å². The highest BCUT2D eigenvalue weighted by molar-refractivity contribution is 5.76. The van der Waals surface area contributed by atoms with E-state index < -0.39 is 5.97 Å². The molecule has 2 amide bonds. The molecule has 5 heteroatoms. The van der Waals surface area contributed by atoms with E-state index in [4.69, 9.17) is 11.5 Å². The molecule has 0 spiro atoms. The van der Waals surface area contributed by atoms with Crippen molar-refractivity contribution in [3.8, 4) is 12.3 Å². The van der Waals surface area contributed by atoms with Crippen LogP contribution in [-0.4, -0.2) is 41.1 Å². The normalized spacial score (nSPS) is 18.4. The van der Waals surface area contributed by atoms with Gasteiger partial charge in [-0.2, -0.15) is 0 Å². The Kier molecular flexibility index (Phi) is 6.06. The lowest BCUT2D eigenvalue weighted by molar-refractivity contribution is -0.137. The number of unbranched alkanes of at least 4 members (excludes halogenated alkanes) is 2. The fourth-order valence-electron chi connectivity index (χ4n) is 2.17. The smallest absolute Gasteiger partial charge is 0.317 e. The van der Waals surface area contributed by atoms with Gasteiger partial charge in [-0.05, 0) is 25.7 Å². The van der Waals surface area contributed by atoms with Crippen LogP contribution in [0.2, 0.25) is 0 Å². The average molecular weight is 252 g/mol. The number of nitrogens with one attached hydrogen (secondary N) is 1. The third-order valence-corrected chi connectivity index (χ3v) is 3.07. The molecule has 0 radical (unpaired) electrons. The largest absolute Gasteiger partial charge is 0.481 e. The molecule has 0 aromatic heterocycles. The van der Waals surface area contributed by atoms with Crippen LogP contribution in [0.25, 0.3) is 0 Å². The first-order chi connectivity index (χ1) is 8.65. The van der Waals surface area contributed by atoms with Crippen LogP contribution >= 0.6 is 0 Å². The molecule has 2 N–H and O–H groups in total. The van der Waals surface area contributed by atoms with Crippen molar-refractivity contribution in [3.63, 3.8) is 0 Å². The van der Waals surface area contributed by atoms with Crippen LogP contribution < -0.4 is 5.32 Å². The first-order valence-electron chi connectivity index (χ1n) is 6.35. The van der Waals surface area contributed by atoms with Crippen molar-refractivity contribution in [2.45, 2.75) is 44.6 Å². The van der Waals surface area contributed by atoms with E-state index in [1.54, 1.807) is 4.90 Å². The summed E-state index contributed by atoms with van der Waals surface area (Å²) in [5, 5.41) is 11.6. The molecular formula is C13H20N2O3. The van der Waals surface area contributed by atoms with Crippen LogP contribution in [0.3, 0.4) is 0 Å². The lowest BCUT2D eigenvalue weighted by Crippen LogP contribution is -2.43. The van der Waals surface area contributed by atoms with Gasteiger partial charge in [0, 0.05) is 25.6 Å². The summed E-state index contributed by atoms with van der Waals surface area (Å²) < 4.78 is 0. The summed E-state index contributed by atoms with van der Waals surface area (Å²) in [6, 6.07) is -0.312. The first kappa shape index (κ1) is 14.4. The number of carbonyl (C=O) groups excluding carboxylic acids is 1. The van der Waals surface area contributed by atoms with Gasteiger partial charge in [0.05, 0.1) is 6.42 Å². The fourth-order valence-corrected chi connectivity index (χ4v) is 2.17. The molecule has 1 unspecified atom stereocenters. The van der Waals surface area contributed by atoms with Gasteiger partial charge < -0.3 is 15.3 Å². The lowest BCUT2D eigenvalue weighted by Gasteiger charge is -2.23. The number of rotatable bonds is 6. The summed E-state index contributed by atoms with van der Waals surface area (Å²) in [4.78, 5) is 24.2. The molecule has 5 nitrogen and oxygen atoms in total. The maximum Gasteiger partial charge on any atom is 0.317 e. The minimum Gasteiger partial charge on any atom is -0.481 e. The van der Waals surface area contributed by atoms with E-state index >= 15 is 0 Å². The number of nitrogens with zero attached hydrogens (tertiary/aromatic N) is 1. The van der Waals surface area contributed by atoms with Gasteiger partial charge in [0.25, 0.3) is 0 Å². The zero-order valence-corrected chi connectivity index (χ0v) is 10.5. The molecule has 1 heterocycles. The molecule has 1 aliphatic heterocycles. The standard InChI is InChI=1S/C13H20N2O3/c1-2-3-4-5-8-14-13(18)15-9-6-7-11(15)10-12(16)17/h1,11H,3-10H2,(H,14,18)(H,16,17). The van der Waals surface area contributed by atoms with Gasteiger partial charge in [0.2, 0.25) is 0 Å². The molecule has 1 atom stereocenters. The zero-order chi connectivity index (χ0) is 13.4. The van der Waals surface area contributed by atoms with Crippen molar-refractivity contribution in [2.75, 3.05) is 13.1 Å². The lowest BCUT2D eigenvalue weighted by atomic mass is 10.1. The minimum absolute atomic E-state index is 0.0323. The Morgan fingerprint density at radius 2 is 2.22 bits per heavy atom. The number of amides is 2. The molecule has 0 saturated carbocycles. The summed E-state index contributed by atoms with van der Waals surface area (Å²) in [5.74, 6) is 1.70. The van der Waals surface area contributed by atoms with Gasteiger partial charge in [-0.3, -0.25) is 4.79 Å². The third-order valence-electron chi connectivity index (χ3n) is 3.07. The molecule has 0 aromatic carbocycles. The predicted molar refractivity (Wildman–Crippen MR) is 68.1 cm³/mol. The number of likely N-dealkylation sites (tertiary alicyclic amines) is 1. The molecule has 1 fully saturated rings. The Bertz CT molecular complexity index is 336. The number of aliphatic carboxylic acids is 1. The monoisotopic (exact) mass is 252 g/mol. The van der Waals surface area contributed by atoms with Crippen LogP contribution in [0.15, 0.2) is 0 Å². The number of hydrogen-bond donors (Lipinski definition) is 2. The maximum absolute atomic E-state index is 11.9. The van der Waals surface area contributed by atoms with E-state index in [-0.39, 0.29) is 18.5 Å². The average Bonchev–Trinajstić information content (AvgIpc) is 2.76. The van der Waals surface area contributed by atoms with Crippen LogP contribution in [0.1, 0.15) is 38.5 Å². The summed E-state index contributed by atoms with van der Waals surface area (Å²) in [6.45, 7) is 1.24. The maximum atomic E-state index is 11.9. The Morgan fingerprint density at radius 3 is 2.89 bits per heavy atom. The molecule has 0 aliphatic carbocycles. The van der Waals surface area contributed by atoms with Gasteiger partial charge in [0.1, 0.15) is 0 Å². The zero-order valence-electron chi connectivity index (χ0n) is 10.5. The van der Waals surface area contributed by atoms with Crippen molar-refractivity contribution < 1.29 is 14.7 Å². The van der Waals surface area contributed by atoms with Crippen molar-refractivity contribution in [1.82, 2.24) is 10.2 Å². The quantitative estimate of drug-likeness (QED) is 0.555. The second-order valence-electron chi connectivity index (χ2n) is 4.48. The molecule has 0 aromatic rings. The minimum atomic E-state index is -0.853. The van der Waals surface area contributed by atoms with Gasteiger partial charge >= 0.3 is 12.0 Å².